The number of hydrogen-bond donors (Lipinski definition) is 2. The summed E-state index contributed by atoms with van der Waals surface area (Å²) in [7, 11) is 1.86. The Kier molecular flexibility index (Phi) is 4.76. The van der Waals surface area contributed by atoms with Crippen LogP contribution in [0.4, 0.5) is 10.6 Å². The molecule has 0 fully saturated rings. The first-order valence-electron chi connectivity index (χ1n) is 6.85. The first-order valence-corrected chi connectivity index (χ1v) is 6.85. The van der Waals surface area contributed by atoms with Gasteiger partial charge in [-0.15, -0.1) is 0 Å². The highest BCUT2D eigenvalue weighted by atomic mass is 16.2. The molecule has 2 N–H and O–H groups in total. The topological polar surface area (TPSA) is 59.0 Å². The van der Waals surface area contributed by atoms with Crippen LogP contribution in [0.3, 0.4) is 0 Å². The Morgan fingerprint density at radius 2 is 2.05 bits per heavy atom. The average Bonchev–Trinajstić information content (AvgIpc) is 2.81. The Morgan fingerprint density at radius 1 is 1.30 bits per heavy atom. The van der Waals surface area contributed by atoms with Crippen molar-refractivity contribution in [2.75, 3.05) is 11.9 Å². The van der Waals surface area contributed by atoms with Crippen LogP contribution in [0.5, 0.6) is 0 Å². The number of aryl methyl sites for hydroxylation is 1. The molecule has 0 saturated heterocycles. The number of hydrogen-bond acceptors (Lipinski definition) is 2. The van der Waals surface area contributed by atoms with E-state index < -0.39 is 0 Å². The summed E-state index contributed by atoms with van der Waals surface area (Å²) in [4.78, 5) is 11.7. The van der Waals surface area contributed by atoms with E-state index in [0.717, 1.165) is 24.1 Å². The minimum atomic E-state index is -0.212. The predicted octanol–water partition coefficient (Wildman–Crippen LogP) is 3.01. The van der Waals surface area contributed by atoms with E-state index in [9.17, 15) is 4.79 Å². The van der Waals surface area contributed by atoms with Crippen molar-refractivity contribution in [3.8, 4) is 11.3 Å². The van der Waals surface area contributed by atoms with Gasteiger partial charge in [0.15, 0.2) is 5.82 Å². The SMILES string of the molecule is CCCCNC(=O)Nc1cc(-c2ccccc2)n(C)n1. The summed E-state index contributed by atoms with van der Waals surface area (Å²) in [6, 6.07) is 11.6. The highest BCUT2D eigenvalue weighted by molar-refractivity contribution is 5.88. The largest absolute Gasteiger partial charge is 0.338 e. The van der Waals surface area contributed by atoms with Crippen molar-refractivity contribution < 1.29 is 4.79 Å². The van der Waals surface area contributed by atoms with Gasteiger partial charge in [0.05, 0.1) is 5.69 Å². The van der Waals surface area contributed by atoms with Gasteiger partial charge < -0.3 is 5.32 Å². The molecule has 1 heterocycles. The second kappa shape index (κ2) is 6.75. The highest BCUT2D eigenvalue weighted by Gasteiger charge is 2.09. The Hall–Kier alpha value is -2.30. The maximum atomic E-state index is 11.7. The van der Waals surface area contributed by atoms with E-state index in [1.54, 1.807) is 4.68 Å². The fraction of sp³-hybridized carbons (Fsp3) is 0.333. The van der Waals surface area contributed by atoms with Crippen molar-refractivity contribution in [1.82, 2.24) is 15.1 Å². The molecule has 0 spiro atoms. The first kappa shape index (κ1) is 14.1. The van der Waals surface area contributed by atoms with Gasteiger partial charge in [-0.2, -0.15) is 5.10 Å². The highest BCUT2D eigenvalue weighted by Crippen LogP contribution is 2.21. The van der Waals surface area contributed by atoms with E-state index in [0.29, 0.717) is 12.4 Å². The number of benzene rings is 1. The molecule has 1 aromatic heterocycles. The first-order chi connectivity index (χ1) is 9.70. The standard InChI is InChI=1S/C15H20N4O/c1-3-4-10-16-15(20)17-14-11-13(19(2)18-14)12-8-6-5-7-9-12/h5-9,11H,3-4,10H2,1-2H3,(H2,16,17,18,20). The summed E-state index contributed by atoms with van der Waals surface area (Å²) in [5.74, 6) is 0.556. The fourth-order valence-corrected chi connectivity index (χ4v) is 1.95. The Labute approximate surface area is 119 Å². The molecule has 5 heteroatoms. The van der Waals surface area contributed by atoms with Crippen molar-refractivity contribution in [1.29, 1.82) is 0 Å². The van der Waals surface area contributed by atoms with Gasteiger partial charge >= 0.3 is 6.03 Å². The molecule has 106 valence electrons. The summed E-state index contributed by atoms with van der Waals surface area (Å²) < 4.78 is 1.76. The van der Waals surface area contributed by atoms with Crippen molar-refractivity contribution in [3.05, 3.63) is 36.4 Å². The molecule has 20 heavy (non-hydrogen) atoms. The van der Waals surface area contributed by atoms with E-state index >= 15 is 0 Å². The molecule has 1 aromatic carbocycles. The molecule has 0 aliphatic heterocycles. The van der Waals surface area contributed by atoms with Gasteiger partial charge in [-0.1, -0.05) is 43.7 Å². The second-order valence-electron chi connectivity index (χ2n) is 4.64. The maximum absolute atomic E-state index is 11.7. The van der Waals surface area contributed by atoms with Crippen LogP contribution in [0.2, 0.25) is 0 Å². The molecule has 0 atom stereocenters. The fourth-order valence-electron chi connectivity index (χ4n) is 1.95. The molecular weight excluding hydrogens is 252 g/mol. The van der Waals surface area contributed by atoms with Gasteiger partial charge in [0.25, 0.3) is 0 Å². The van der Waals surface area contributed by atoms with Crippen LogP contribution in [0, 0.1) is 0 Å². The number of anilines is 1. The van der Waals surface area contributed by atoms with Crippen LogP contribution >= 0.6 is 0 Å². The summed E-state index contributed by atoms with van der Waals surface area (Å²) in [6.45, 7) is 2.77. The zero-order valence-corrected chi connectivity index (χ0v) is 11.9. The van der Waals surface area contributed by atoms with Crippen molar-refractivity contribution >= 4 is 11.8 Å². The molecule has 0 unspecified atom stereocenters. The zero-order chi connectivity index (χ0) is 14.4. The lowest BCUT2D eigenvalue weighted by atomic mass is 10.1. The average molecular weight is 272 g/mol. The smallest absolute Gasteiger partial charge is 0.320 e. The lowest BCUT2D eigenvalue weighted by Gasteiger charge is -2.03. The third kappa shape index (κ3) is 3.60. The Bertz CT molecular complexity index is 563. The van der Waals surface area contributed by atoms with Crippen LogP contribution in [-0.2, 0) is 7.05 Å². The van der Waals surface area contributed by atoms with Crippen LogP contribution in [0.15, 0.2) is 36.4 Å². The molecule has 5 nitrogen and oxygen atoms in total. The molecular formula is C15H20N4O. The van der Waals surface area contributed by atoms with Crippen molar-refractivity contribution in [2.24, 2.45) is 7.05 Å². The number of unbranched alkanes of at least 4 members (excludes halogenated alkanes) is 1. The van der Waals surface area contributed by atoms with E-state index in [1.807, 2.05) is 43.4 Å². The van der Waals surface area contributed by atoms with E-state index in [-0.39, 0.29) is 6.03 Å². The molecule has 0 bridgehead atoms. The van der Waals surface area contributed by atoms with Crippen LogP contribution in [0.1, 0.15) is 19.8 Å². The summed E-state index contributed by atoms with van der Waals surface area (Å²) in [5, 5.41) is 9.85. The van der Waals surface area contributed by atoms with E-state index in [1.165, 1.54) is 0 Å². The van der Waals surface area contributed by atoms with E-state index in [4.69, 9.17) is 0 Å². The summed E-state index contributed by atoms with van der Waals surface area (Å²) in [5.41, 5.74) is 2.04. The molecule has 2 aromatic rings. The number of nitrogens with one attached hydrogen (secondary N) is 2. The van der Waals surface area contributed by atoms with Crippen molar-refractivity contribution in [2.45, 2.75) is 19.8 Å². The predicted molar refractivity (Wildman–Crippen MR) is 80.6 cm³/mol. The van der Waals surface area contributed by atoms with Crippen molar-refractivity contribution in [3.63, 3.8) is 0 Å². The van der Waals surface area contributed by atoms with Gasteiger partial charge in [0, 0.05) is 19.7 Å². The van der Waals surface area contributed by atoms with Crippen LogP contribution in [0.25, 0.3) is 11.3 Å². The lowest BCUT2D eigenvalue weighted by molar-refractivity contribution is 0.252. The quantitative estimate of drug-likeness (QED) is 0.822. The second-order valence-corrected chi connectivity index (χ2v) is 4.64. The molecule has 2 rings (SSSR count). The molecule has 0 radical (unpaired) electrons. The minimum absolute atomic E-state index is 0.212. The lowest BCUT2D eigenvalue weighted by Crippen LogP contribution is -2.29. The Balaban J connectivity index is 2.03. The molecule has 0 aliphatic rings. The number of carbonyl (C=O) groups excluding carboxylic acids is 1. The van der Waals surface area contributed by atoms with Gasteiger partial charge in [0.2, 0.25) is 0 Å². The van der Waals surface area contributed by atoms with Crippen LogP contribution < -0.4 is 10.6 Å². The number of carbonyl (C=O) groups is 1. The number of amides is 2. The third-order valence-corrected chi connectivity index (χ3v) is 3.01. The van der Waals surface area contributed by atoms with Gasteiger partial charge in [-0.25, -0.2) is 4.79 Å². The number of aromatic nitrogens is 2. The monoisotopic (exact) mass is 272 g/mol. The van der Waals surface area contributed by atoms with Gasteiger partial charge in [-0.3, -0.25) is 10.00 Å². The van der Waals surface area contributed by atoms with E-state index in [2.05, 4.69) is 22.7 Å². The Morgan fingerprint density at radius 3 is 2.75 bits per heavy atom. The minimum Gasteiger partial charge on any atom is -0.338 e. The molecule has 0 saturated carbocycles. The summed E-state index contributed by atoms with van der Waals surface area (Å²) in [6.07, 6.45) is 2.03. The number of urea groups is 1. The third-order valence-electron chi connectivity index (χ3n) is 3.01. The summed E-state index contributed by atoms with van der Waals surface area (Å²) >= 11 is 0. The van der Waals surface area contributed by atoms with Gasteiger partial charge in [0.1, 0.15) is 0 Å². The maximum Gasteiger partial charge on any atom is 0.320 e. The normalized spacial score (nSPS) is 10.3. The van der Waals surface area contributed by atoms with Gasteiger partial charge in [-0.05, 0) is 12.0 Å². The number of rotatable bonds is 5. The number of nitrogens with zero attached hydrogens (tertiary/aromatic N) is 2. The molecule has 0 aliphatic carbocycles. The molecule has 2 amide bonds. The zero-order valence-electron chi connectivity index (χ0n) is 11.9. The van der Waals surface area contributed by atoms with Crippen LogP contribution in [-0.4, -0.2) is 22.4 Å².